The van der Waals surface area contributed by atoms with Gasteiger partial charge in [0.05, 0.1) is 4.11 Å². The van der Waals surface area contributed by atoms with Crippen LogP contribution in [0, 0.1) is 0 Å². The first kappa shape index (κ1) is 5.62. The number of nitrogens with one attached hydrogen (secondary N) is 1. The zero-order valence-electron chi connectivity index (χ0n) is 17.0. The van der Waals surface area contributed by atoms with Crippen molar-refractivity contribution < 1.29 is 29.3 Å². The fraction of sp³-hybridized carbons (Fsp3) is 0.900. The predicted octanol–water partition coefficient (Wildman–Crippen LogP) is 1.46. The summed E-state index contributed by atoms with van der Waals surface area (Å²) in [4.78, 5) is 11.5. The maximum absolute atomic E-state index is 13.8. The zero-order valence-corrected chi connectivity index (χ0v) is 9.02. The lowest BCUT2D eigenvalue weighted by atomic mass is 10.2. The number of carbonyl (C=O) groups excluding carboxylic acids is 1. The van der Waals surface area contributed by atoms with E-state index in [4.69, 9.17) is 15.7 Å². The van der Waals surface area contributed by atoms with Crippen molar-refractivity contribution in [1.29, 1.82) is 0 Å². The molecule has 1 N–H and O–H groups in total. The normalized spacial score (nSPS) is 44.4. The molecule has 1 atom stereocenters. The van der Waals surface area contributed by atoms with E-state index in [2.05, 4.69) is 0 Å². The first-order chi connectivity index (χ1) is 10.2. The molecule has 1 heterocycles. The smallest absolute Gasteiger partial charge is 0.410 e. The second-order valence-corrected chi connectivity index (χ2v) is 3.91. The first-order valence-corrected chi connectivity index (χ1v) is 4.41. The summed E-state index contributed by atoms with van der Waals surface area (Å²) >= 11 is 0. The highest BCUT2D eigenvalue weighted by Crippen LogP contribution is 2.16. The second-order valence-electron chi connectivity index (χ2n) is 3.91. The Morgan fingerprint density at radius 3 is 2.88 bits per heavy atom. The highest BCUT2D eigenvalue weighted by Gasteiger charge is 2.35. The average Bonchev–Trinajstić information content (AvgIpc) is 2.20. The van der Waals surface area contributed by atoms with Gasteiger partial charge in [-0.1, -0.05) is 0 Å². The van der Waals surface area contributed by atoms with Crippen LogP contribution in [0.3, 0.4) is 0 Å². The summed E-state index contributed by atoms with van der Waals surface area (Å²) in [5.74, 6) is 0. The number of rotatable bonds is 1. The van der Waals surface area contributed by atoms with Crippen LogP contribution in [0.1, 0.15) is 31.7 Å². The third-order valence-corrected chi connectivity index (χ3v) is 1.39. The van der Waals surface area contributed by atoms with Crippen LogP contribution in [0.15, 0.2) is 0 Å². The summed E-state index contributed by atoms with van der Waals surface area (Å²) in [6, 6.07) is -4.14. The number of hydrogen-bond donors (Lipinski definition) is 1. The lowest BCUT2D eigenvalue weighted by Gasteiger charge is -2.36. The first-order valence-electron chi connectivity index (χ1n) is 8.41. The van der Waals surface area contributed by atoms with Crippen molar-refractivity contribution in [3.63, 3.8) is 0 Å². The van der Waals surface area contributed by atoms with E-state index in [1.54, 1.807) is 0 Å². The minimum atomic E-state index is -5.01. The van der Waals surface area contributed by atoms with E-state index in [0.29, 0.717) is 0 Å². The summed E-state index contributed by atoms with van der Waals surface area (Å²) in [6.45, 7) is -6.69. The number of hydrogen-bond acceptors (Lipinski definition) is 3. The molecule has 0 aromatic carbocycles. The molecule has 0 radical (unpaired) electrons. The van der Waals surface area contributed by atoms with Gasteiger partial charge in [0.25, 0.3) is 6.40 Å². The van der Waals surface area contributed by atoms with Gasteiger partial charge in [0.2, 0.25) is 0 Å². The molecule has 0 bridgehead atoms. The Hall–Kier alpha value is -0.910. The van der Waals surface area contributed by atoms with Gasteiger partial charge in [0, 0.05) is 25.0 Å². The van der Waals surface area contributed by atoms with E-state index in [1.807, 2.05) is 0 Å². The Balaban J connectivity index is 3.66. The van der Waals surface area contributed by atoms with Gasteiger partial charge in [-0.2, -0.15) is 0 Å². The van der Waals surface area contributed by atoms with Gasteiger partial charge in [0.15, 0.2) is 0 Å². The van der Waals surface area contributed by atoms with Crippen LogP contribution < -0.4 is 5.32 Å². The molecule has 4 nitrogen and oxygen atoms in total. The van der Waals surface area contributed by atoms with Crippen molar-refractivity contribution in [2.24, 2.45) is 0 Å². The van der Waals surface area contributed by atoms with Crippen molar-refractivity contribution in [2.75, 3.05) is 19.5 Å². The fourth-order valence-electron chi connectivity index (χ4n) is 0.862. The number of nitrogens with zero attached hydrogens (tertiary/aromatic N) is 1. The van der Waals surface area contributed by atoms with Crippen molar-refractivity contribution in [3.05, 3.63) is 0 Å². The van der Waals surface area contributed by atoms with E-state index in [0.717, 1.165) is 0 Å². The van der Waals surface area contributed by atoms with Crippen molar-refractivity contribution in [2.45, 2.75) is 38.8 Å². The molecule has 1 amide bonds. The molecular formula is C10H18F2N2O2. The molecule has 0 aliphatic carbocycles. The molecule has 0 saturated carbocycles. The molecule has 1 saturated heterocycles. The van der Waals surface area contributed by atoms with Crippen LogP contribution in [-0.2, 0) is 4.74 Å². The molecular weight excluding hydrogens is 218 g/mol. The van der Waals surface area contributed by atoms with Gasteiger partial charge < -0.3 is 10.1 Å². The molecule has 0 aromatic rings. The molecule has 1 fully saturated rings. The highest BCUT2D eigenvalue weighted by atomic mass is 19.3. The number of piperazine rings is 1. The molecule has 0 spiro atoms. The minimum absolute atomic E-state index is 0.686. The van der Waals surface area contributed by atoms with E-state index < -0.39 is 48.5 Å². The molecule has 16 heavy (non-hydrogen) atoms. The average molecular weight is 244 g/mol. The monoisotopic (exact) mass is 244 g/mol. The summed E-state index contributed by atoms with van der Waals surface area (Å²) in [7, 11) is 0. The van der Waals surface area contributed by atoms with Crippen molar-refractivity contribution in [1.82, 2.24) is 10.2 Å². The van der Waals surface area contributed by atoms with Crippen LogP contribution in [0.2, 0.25) is 0 Å². The van der Waals surface area contributed by atoms with Crippen LogP contribution in [0.5, 0.6) is 0 Å². The van der Waals surface area contributed by atoms with Crippen LogP contribution in [0.25, 0.3) is 0 Å². The summed E-state index contributed by atoms with van der Waals surface area (Å²) in [5, 5.41) is 1.32. The second kappa shape index (κ2) is 4.95. The molecule has 1 aliphatic heterocycles. The largest absolute Gasteiger partial charge is 0.444 e. The van der Waals surface area contributed by atoms with Gasteiger partial charge >= 0.3 is 6.09 Å². The topological polar surface area (TPSA) is 41.6 Å². The SMILES string of the molecule is [2H]C(F)(F)C1([2H])N(C(=O)OC(C)(C)C)C([2H])([2H])C([2H])([2H])NC1([2H])[2H]. The van der Waals surface area contributed by atoms with Gasteiger partial charge in [0.1, 0.15) is 13.0 Å². The lowest BCUT2D eigenvalue weighted by Crippen LogP contribution is -2.57. The summed E-state index contributed by atoms with van der Waals surface area (Å²) in [6.07, 6.45) is -6.90. The van der Waals surface area contributed by atoms with E-state index in [1.165, 1.54) is 26.1 Å². The Morgan fingerprint density at radius 2 is 2.38 bits per heavy atom. The number of amides is 1. The molecule has 0 aromatic heterocycles. The number of alkyl halides is 2. The fourth-order valence-corrected chi connectivity index (χ4v) is 0.862. The Bertz CT molecular complexity index is 534. The third-order valence-electron chi connectivity index (χ3n) is 1.39. The molecule has 94 valence electrons. The van der Waals surface area contributed by atoms with Gasteiger partial charge in [-0.15, -0.1) is 0 Å². The zero-order chi connectivity index (χ0) is 19.6. The van der Waals surface area contributed by atoms with E-state index in [-0.39, 0.29) is 0 Å². The maximum Gasteiger partial charge on any atom is 0.410 e. The molecule has 1 rings (SSSR count). The summed E-state index contributed by atoms with van der Waals surface area (Å²) in [5.41, 5.74) is -1.32. The Morgan fingerprint density at radius 1 is 1.75 bits per heavy atom. The highest BCUT2D eigenvalue weighted by molar-refractivity contribution is 5.68. The summed E-state index contributed by atoms with van der Waals surface area (Å²) < 4.78 is 92.3. The Labute approximate surface area is 105 Å². The predicted molar refractivity (Wildman–Crippen MR) is 55.6 cm³/mol. The number of ether oxygens (including phenoxy) is 1. The maximum atomic E-state index is 13.8. The van der Waals surface area contributed by atoms with Crippen LogP contribution >= 0.6 is 0 Å². The minimum Gasteiger partial charge on any atom is -0.444 e. The van der Waals surface area contributed by atoms with E-state index >= 15 is 0 Å². The molecule has 6 heteroatoms. The number of halogens is 2. The van der Waals surface area contributed by atoms with Gasteiger partial charge in [-0.05, 0) is 20.8 Å². The lowest BCUT2D eigenvalue weighted by molar-refractivity contribution is -0.0214. The van der Waals surface area contributed by atoms with Gasteiger partial charge in [-0.25, -0.2) is 13.6 Å². The molecule has 1 aliphatic rings. The number of carbonyl (C=O) groups is 1. The van der Waals surface area contributed by atoms with Gasteiger partial charge in [-0.3, -0.25) is 4.90 Å². The molecule has 1 unspecified atom stereocenters. The van der Waals surface area contributed by atoms with Crippen LogP contribution in [0.4, 0.5) is 13.6 Å². The Kier molecular flexibility index (Phi) is 1.74. The van der Waals surface area contributed by atoms with E-state index in [9.17, 15) is 13.6 Å². The quantitative estimate of drug-likeness (QED) is 0.759. The van der Waals surface area contributed by atoms with Crippen molar-refractivity contribution >= 4 is 6.09 Å². The van der Waals surface area contributed by atoms with Crippen molar-refractivity contribution in [3.8, 4) is 0 Å². The third kappa shape index (κ3) is 3.59. The van der Waals surface area contributed by atoms with Crippen LogP contribution in [-0.4, -0.2) is 48.5 Å². The standard InChI is InChI=1S/C10H18F2N2O2/c1-10(2,3)16-9(15)14-5-4-13-6-7(14)8(11)12/h7-8,13H,4-6H2,1-3H3/i4D2,5D2,6D2,7D,8D.